The number of aryl methyl sites for hydroxylation is 1. The van der Waals surface area contributed by atoms with Crippen molar-refractivity contribution in [3.8, 4) is 16.9 Å². The molecule has 3 aromatic carbocycles. The Morgan fingerprint density at radius 2 is 1.61 bits per heavy atom. The number of nitrogens with one attached hydrogen (secondary N) is 1. The largest absolute Gasteiger partial charge is 0.569 e. The molecule has 18 heteroatoms. The number of fused-ring (bicyclic) bond motifs is 1. The lowest BCUT2D eigenvalue weighted by atomic mass is 10.0. The predicted octanol–water partition coefficient (Wildman–Crippen LogP) is 4.05. The van der Waals surface area contributed by atoms with Gasteiger partial charge >= 0.3 is 6.18 Å². The first-order valence-electron chi connectivity index (χ1n) is 14.6. The maximum Gasteiger partial charge on any atom is 0.435 e. The van der Waals surface area contributed by atoms with Crippen LogP contribution in [0.25, 0.3) is 16.9 Å². The minimum Gasteiger partial charge on any atom is -0.569 e. The first-order chi connectivity index (χ1) is 23.1. The Labute approximate surface area is 276 Å². The molecule has 1 unspecified atom stereocenters. The molecular formula is C31H26F3N7O7S. The van der Waals surface area contributed by atoms with Gasteiger partial charge in [-0.2, -0.15) is 18.3 Å². The van der Waals surface area contributed by atoms with Crippen LogP contribution in [0, 0.1) is 18.0 Å². The van der Waals surface area contributed by atoms with E-state index in [0.717, 1.165) is 38.4 Å². The Kier molecular flexibility index (Phi) is 8.35. The van der Waals surface area contributed by atoms with E-state index in [1.807, 2.05) is 11.6 Å². The van der Waals surface area contributed by atoms with Crippen LogP contribution in [0.1, 0.15) is 38.9 Å². The molecule has 2 aliphatic heterocycles. The molecule has 0 aliphatic carbocycles. The monoisotopic (exact) mass is 697 g/mol. The Balaban J connectivity index is 1.07. The Bertz CT molecular complexity index is 2060. The number of hydrogen-bond acceptors (Lipinski definition) is 9. The van der Waals surface area contributed by atoms with E-state index in [9.17, 15) is 41.2 Å². The van der Waals surface area contributed by atoms with Crippen LogP contribution < -0.4 is 4.72 Å². The number of benzene rings is 3. The summed E-state index contributed by atoms with van der Waals surface area (Å²) >= 11 is 0. The van der Waals surface area contributed by atoms with Gasteiger partial charge in [0.05, 0.1) is 51.4 Å². The molecule has 1 aromatic heterocycles. The topological polar surface area (TPSA) is 169 Å². The molecule has 1 saturated heterocycles. The fraction of sp³-hybridized carbons (Fsp3) is 0.226. The van der Waals surface area contributed by atoms with Gasteiger partial charge in [0.1, 0.15) is 0 Å². The standard InChI is InChI=1S/C31H26F3N7O7S/c1-18-7-9-20(10-8-18)26-15-27(31(32,33)34)35-40(26)22-11-13-23(14-12-22)49(46,47)36-28(42)21-16-38(17-21)41(45)37-48-19(2)39-29(43)24-5-3-4-6-25(24)30(39)44/h3-15,19,21H,16-17H2,1-2H3,(H,36,42)/b41-37-. The number of halogens is 3. The number of nitrogens with zero attached hydrogens (tertiary/aromatic N) is 6. The average molecular weight is 698 g/mol. The number of amides is 3. The fourth-order valence-electron chi connectivity index (χ4n) is 5.19. The van der Waals surface area contributed by atoms with Crippen LogP contribution in [0.4, 0.5) is 13.2 Å². The second kappa shape index (κ2) is 12.3. The summed E-state index contributed by atoms with van der Waals surface area (Å²) in [5.41, 5.74) is 0.884. The molecule has 0 radical (unpaired) electrons. The number of carbonyl (C=O) groups excluding carboxylic acids is 3. The highest BCUT2D eigenvalue weighted by Crippen LogP contribution is 2.33. The summed E-state index contributed by atoms with van der Waals surface area (Å²) in [6.07, 6.45) is -5.95. The van der Waals surface area contributed by atoms with Crippen molar-refractivity contribution in [3.63, 3.8) is 0 Å². The molecule has 1 atom stereocenters. The zero-order chi connectivity index (χ0) is 35.2. The third kappa shape index (κ3) is 6.41. The van der Waals surface area contributed by atoms with Crippen LogP contribution in [0.15, 0.2) is 89.0 Å². The van der Waals surface area contributed by atoms with Crippen molar-refractivity contribution in [1.82, 2.24) is 24.4 Å². The SMILES string of the molecule is Cc1ccc(-c2cc(C(F)(F)F)nn2-c2ccc(S(=O)(=O)NC(=O)C3CN(/[N+]([O-])=N/OC(C)N4C(=O)c5ccccc5C4=O)C3)cc2)cc1. The third-order valence-electron chi connectivity index (χ3n) is 7.91. The number of sulfonamides is 1. The molecule has 0 spiro atoms. The number of carbonyl (C=O) groups is 3. The van der Waals surface area contributed by atoms with Crippen molar-refractivity contribution in [1.29, 1.82) is 0 Å². The summed E-state index contributed by atoms with van der Waals surface area (Å²) in [7, 11) is -4.40. The number of imide groups is 1. The molecule has 0 saturated carbocycles. The van der Waals surface area contributed by atoms with Crippen LogP contribution in [-0.2, 0) is 25.8 Å². The van der Waals surface area contributed by atoms with Gasteiger partial charge in [-0.3, -0.25) is 14.4 Å². The van der Waals surface area contributed by atoms with Gasteiger partial charge < -0.3 is 10.0 Å². The lowest BCUT2D eigenvalue weighted by Crippen LogP contribution is -2.56. The highest BCUT2D eigenvalue weighted by atomic mass is 32.2. The van der Waals surface area contributed by atoms with Crippen LogP contribution in [0.2, 0.25) is 0 Å². The van der Waals surface area contributed by atoms with Crippen molar-refractivity contribution in [2.45, 2.75) is 31.1 Å². The molecule has 0 bridgehead atoms. The van der Waals surface area contributed by atoms with Crippen LogP contribution in [-0.4, -0.2) is 70.1 Å². The van der Waals surface area contributed by atoms with Gasteiger partial charge in [-0.25, -0.2) is 22.7 Å². The first-order valence-corrected chi connectivity index (χ1v) is 16.1. The normalized spacial score (nSPS) is 16.0. The maximum absolute atomic E-state index is 13.5. The van der Waals surface area contributed by atoms with Crippen molar-refractivity contribution in [2.24, 2.45) is 11.2 Å². The molecule has 2 aliphatic rings. The smallest absolute Gasteiger partial charge is 0.435 e. The lowest BCUT2D eigenvalue weighted by molar-refractivity contribution is -0.726. The molecule has 3 amide bonds. The van der Waals surface area contributed by atoms with Crippen molar-refractivity contribution in [2.75, 3.05) is 13.1 Å². The van der Waals surface area contributed by atoms with E-state index in [2.05, 4.69) is 10.4 Å². The van der Waals surface area contributed by atoms with Gasteiger partial charge in [0, 0.05) is 5.56 Å². The second-order valence-electron chi connectivity index (χ2n) is 11.3. The first kappa shape index (κ1) is 33.1. The molecule has 14 nitrogen and oxygen atoms in total. The quantitative estimate of drug-likeness (QED) is 0.117. The third-order valence-corrected chi connectivity index (χ3v) is 9.27. The van der Waals surface area contributed by atoms with Crippen molar-refractivity contribution < 1.29 is 45.8 Å². The molecule has 49 heavy (non-hydrogen) atoms. The summed E-state index contributed by atoms with van der Waals surface area (Å²) in [4.78, 5) is 43.4. The van der Waals surface area contributed by atoms with E-state index in [0.29, 0.717) is 5.56 Å². The van der Waals surface area contributed by atoms with E-state index in [4.69, 9.17) is 4.84 Å². The minimum atomic E-state index is -4.72. The van der Waals surface area contributed by atoms with E-state index in [1.54, 1.807) is 36.4 Å². The molecule has 254 valence electrons. The molecule has 1 fully saturated rings. The van der Waals surface area contributed by atoms with E-state index in [1.165, 1.54) is 31.2 Å². The van der Waals surface area contributed by atoms with Crippen molar-refractivity contribution in [3.05, 3.63) is 106 Å². The van der Waals surface area contributed by atoms with Crippen LogP contribution >= 0.6 is 0 Å². The average Bonchev–Trinajstić information content (AvgIpc) is 3.59. The molecule has 6 rings (SSSR count). The summed E-state index contributed by atoms with van der Waals surface area (Å²) < 4.78 is 69.5. The molecule has 1 N–H and O–H groups in total. The van der Waals surface area contributed by atoms with Crippen LogP contribution in [0.5, 0.6) is 0 Å². The summed E-state index contributed by atoms with van der Waals surface area (Å²) in [5, 5.41) is 20.5. The lowest BCUT2D eigenvalue weighted by Gasteiger charge is -2.33. The zero-order valence-corrected chi connectivity index (χ0v) is 26.5. The highest BCUT2D eigenvalue weighted by Gasteiger charge is 2.42. The van der Waals surface area contributed by atoms with Gasteiger partial charge in [-0.1, -0.05) is 42.0 Å². The van der Waals surface area contributed by atoms with E-state index in [-0.39, 0.29) is 45.5 Å². The van der Waals surface area contributed by atoms with E-state index < -0.39 is 51.8 Å². The second-order valence-corrected chi connectivity index (χ2v) is 13.0. The van der Waals surface area contributed by atoms with Gasteiger partial charge in [-0.15, -0.1) is 5.01 Å². The van der Waals surface area contributed by atoms with Crippen molar-refractivity contribution >= 4 is 27.7 Å². The summed E-state index contributed by atoms with van der Waals surface area (Å²) in [6.45, 7) is 2.74. The minimum absolute atomic E-state index is 0.0238. The number of hydrogen-bond donors (Lipinski definition) is 1. The molecule has 4 aromatic rings. The van der Waals surface area contributed by atoms with Gasteiger partial charge in [0.15, 0.2) is 5.69 Å². The van der Waals surface area contributed by atoms with Gasteiger partial charge in [0.25, 0.3) is 21.8 Å². The Hall–Kier alpha value is -5.78. The van der Waals surface area contributed by atoms with Gasteiger partial charge in [-0.05, 0) is 56.3 Å². The number of aromatic nitrogens is 2. The fourth-order valence-corrected chi connectivity index (χ4v) is 6.24. The van der Waals surface area contributed by atoms with E-state index >= 15 is 0 Å². The predicted molar refractivity (Wildman–Crippen MR) is 163 cm³/mol. The summed E-state index contributed by atoms with van der Waals surface area (Å²) in [5.74, 6) is -3.05. The Morgan fingerprint density at radius 1 is 1.02 bits per heavy atom. The number of alkyl halides is 3. The van der Waals surface area contributed by atoms with Gasteiger partial charge in [0.2, 0.25) is 17.4 Å². The Morgan fingerprint density at radius 3 is 2.18 bits per heavy atom. The maximum atomic E-state index is 13.5. The zero-order valence-electron chi connectivity index (χ0n) is 25.7. The molecular weight excluding hydrogens is 671 g/mol. The highest BCUT2D eigenvalue weighted by molar-refractivity contribution is 7.90. The number of hydrazine groups is 1. The number of rotatable bonds is 9. The molecule has 3 heterocycles. The summed E-state index contributed by atoms with van der Waals surface area (Å²) in [6, 6.07) is 18.6. The van der Waals surface area contributed by atoms with Crippen LogP contribution in [0.3, 0.4) is 0 Å².